The zero-order valence-corrected chi connectivity index (χ0v) is 10.0. The maximum atomic E-state index is 12.3. The van der Waals surface area contributed by atoms with Gasteiger partial charge >= 0.3 is 0 Å². The molecule has 17 heavy (non-hydrogen) atoms. The Morgan fingerprint density at radius 1 is 1.76 bits per heavy atom. The molecule has 1 saturated heterocycles. The highest BCUT2D eigenvalue weighted by Crippen LogP contribution is 2.16. The molecule has 1 aliphatic rings. The number of carbonyl (C=O) groups is 1. The van der Waals surface area contributed by atoms with Crippen molar-refractivity contribution in [2.45, 2.75) is 26.0 Å². The van der Waals surface area contributed by atoms with E-state index in [2.05, 4.69) is 10.2 Å². The van der Waals surface area contributed by atoms with Crippen molar-refractivity contribution in [2.75, 3.05) is 19.8 Å². The zero-order valence-electron chi connectivity index (χ0n) is 10.0. The monoisotopic (exact) mass is 239 g/mol. The average molecular weight is 239 g/mol. The van der Waals surface area contributed by atoms with Crippen molar-refractivity contribution in [2.24, 2.45) is 0 Å². The van der Waals surface area contributed by atoms with Crippen molar-refractivity contribution in [1.82, 2.24) is 15.1 Å². The van der Waals surface area contributed by atoms with E-state index in [1.165, 1.54) is 6.20 Å². The zero-order chi connectivity index (χ0) is 12.4. The number of amides is 1. The SMILES string of the molecule is Cc1[nH]ncc1C(=O)N1CC(CO)OCC1C. The van der Waals surface area contributed by atoms with Crippen LogP contribution in [0.15, 0.2) is 6.20 Å². The van der Waals surface area contributed by atoms with Crippen LogP contribution < -0.4 is 0 Å². The molecule has 0 aliphatic carbocycles. The van der Waals surface area contributed by atoms with Gasteiger partial charge in [-0.15, -0.1) is 0 Å². The number of hydrogen-bond donors (Lipinski definition) is 2. The molecule has 0 spiro atoms. The molecule has 1 aromatic heterocycles. The van der Waals surface area contributed by atoms with Crippen molar-refractivity contribution in [3.8, 4) is 0 Å². The van der Waals surface area contributed by atoms with E-state index >= 15 is 0 Å². The van der Waals surface area contributed by atoms with Crippen LogP contribution in [0.25, 0.3) is 0 Å². The lowest BCUT2D eigenvalue weighted by Crippen LogP contribution is -2.52. The second-order valence-electron chi connectivity index (χ2n) is 4.35. The summed E-state index contributed by atoms with van der Waals surface area (Å²) in [5.41, 5.74) is 1.34. The Morgan fingerprint density at radius 3 is 3.12 bits per heavy atom. The largest absolute Gasteiger partial charge is 0.394 e. The summed E-state index contributed by atoms with van der Waals surface area (Å²) < 4.78 is 5.40. The van der Waals surface area contributed by atoms with E-state index in [1.54, 1.807) is 4.90 Å². The topological polar surface area (TPSA) is 78.5 Å². The minimum atomic E-state index is -0.289. The molecule has 0 bridgehead atoms. The van der Waals surface area contributed by atoms with E-state index in [4.69, 9.17) is 9.84 Å². The van der Waals surface area contributed by atoms with Crippen LogP contribution in [0.3, 0.4) is 0 Å². The predicted octanol–water partition coefficient (Wildman–Crippen LogP) is -0.0601. The summed E-state index contributed by atoms with van der Waals surface area (Å²) in [6.07, 6.45) is 1.25. The number of carbonyl (C=O) groups excluding carboxylic acids is 1. The predicted molar refractivity (Wildman–Crippen MR) is 60.6 cm³/mol. The van der Waals surface area contributed by atoms with Gasteiger partial charge in [0.25, 0.3) is 5.91 Å². The van der Waals surface area contributed by atoms with E-state index < -0.39 is 0 Å². The fourth-order valence-corrected chi connectivity index (χ4v) is 1.93. The first kappa shape index (κ1) is 12.1. The van der Waals surface area contributed by atoms with E-state index in [-0.39, 0.29) is 24.7 Å². The van der Waals surface area contributed by atoms with Crippen LogP contribution in [-0.2, 0) is 4.74 Å². The molecular weight excluding hydrogens is 222 g/mol. The molecule has 2 rings (SSSR count). The molecule has 6 heteroatoms. The lowest BCUT2D eigenvalue weighted by atomic mass is 10.1. The Balaban J connectivity index is 2.15. The smallest absolute Gasteiger partial charge is 0.257 e. The lowest BCUT2D eigenvalue weighted by Gasteiger charge is -2.37. The third-order valence-electron chi connectivity index (χ3n) is 3.03. The second-order valence-corrected chi connectivity index (χ2v) is 4.35. The van der Waals surface area contributed by atoms with Gasteiger partial charge in [0.2, 0.25) is 0 Å². The maximum Gasteiger partial charge on any atom is 0.257 e. The molecule has 2 atom stereocenters. The van der Waals surface area contributed by atoms with Gasteiger partial charge in [0, 0.05) is 12.2 Å². The summed E-state index contributed by atoms with van der Waals surface area (Å²) in [6, 6.07) is 0.0135. The summed E-state index contributed by atoms with van der Waals surface area (Å²) >= 11 is 0. The number of rotatable bonds is 2. The minimum absolute atomic E-state index is 0.0135. The van der Waals surface area contributed by atoms with Crippen molar-refractivity contribution in [1.29, 1.82) is 0 Å². The van der Waals surface area contributed by atoms with Gasteiger partial charge in [-0.1, -0.05) is 0 Å². The fourth-order valence-electron chi connectivity index (χ4n) is 1.93. The summed E-state index contributed by atoms with van der Waals surface area (Å²) in [5.74, 6) is -0.0644. The van der Waals surface area contributed by atoms with Gasteiger partial charge in [-0.3, -0.25) is 9.89 Å². The van der Waals surface area contributed by atoms with Crippen LogP contribution in [0.5, 0.6) is 0 Å². The number of hydrogen-bond acceptors (Lipinski definition) is 4. The van der Waals surface area contributed by atoms with E-state index in [1.807, 2.05) is 13.8 Å². The number of morpholine rings is 1. The molecule has 0 saturated carbocycles. The minimum Gasteiger partial charge on any atom is -0.394 e. The third kappa shape index (κ3) is 2.32. The van der Waals surface area contributed by atoms with Gasteiger partial charge in [-0.25, -0.2) is 0 Å². The van der Waals surface area contributed by atoms with Crippen LogP contribution in [0.1, 0.15) is 23.0 Å². The molecule has 0 radical (unpaired) electrons. The Bertz CT molecular complexity index is 404. The molecule has 1 aromatic rings. The molecule has 1 aliphatic heterocycles. The van der Waals surface area contributed by atoms with E-state index in [0.29, 0.717) is 18.7 Å². The number of nitrogens with zero attached hydrogens (tertiary/aromatic N) is 2. The van der Waals surface area contributed by atoms with Crippen molar-refractivity contribution >= 4 is 5.91 Å². The van der Waals surface area contributed by atoms with Gasteiger partial charge in [0.05, 0.1) is 37.1 Å². The first-order chi connectivity index (χ1) is 8.13. The number of aliphatic hydroxyl groups excluding tert-OH is 1. The maximum absolute atomic E-state index is 12.3. The number of ether oxygens (including phenoxy) is 1. The van der Waals surface area contributed by atoms with Gasteiger partial charge < -0.3 is 14.7 Å². The highest BCUT2D eigenvalue weighted by atomic mass is 16.5. The molecule has 1 fully saturated rings. The molecule has 1 amide bonds. The van der Waals surface area contributed by atoms with Crippen LogP contribution in [0, 0.1) is 6.92 Å². The number of aromatic nitrogens is 2. The lowest BCUT2D eigenvalue weighted by molar-refractivity contribution is -0.0667. The van der Waals surface area contributed by atoms with E-state index in [0.717, 1.165) is 5.69 Å². The van der Waals surface area contributed by atoms with Crippen LogP contribution in [0.2, 0.25) is 0 Å². The summed E-state index contributed by atoms with van der Waals surface area (Å²) in [6.45, 7) is 4.55. The average Bonchev–Trinajstić information content (AvgIpc) is 2.75. The summed E-state index contributed by atoms with van der Waals surface area (Å²) in [4.78, 5) is 14.0. The van der Waals surface area contributed by atoms with Gasteiger partial charge in [0.15, 0.2) is 0 Å². The number of nitrogens with one attached hydrogen (secondary N) is 1. The second kappa shape index (κ2) is 4.85. The highest BCUT2D eigenvalue weighted by Gasteiger charge is 2.30. The molecule has 6 nitrogen and oxygen atoms in total. The Morgan fingerprint density at radius 2 is 2.53 bits per heavy atom. The van der Waals surface area contributed by atoms with Crippen LogP contribution >= 0.6 is 0 Å². The molecule has 94 valence electrons. The van der Waals surface area contributed by atoms with Gasteiger partial charge in [0.1, 0.15) is 0 Å². The quantitative estimate of drug-likeness (QED) is 0.758. The molecule has 0 aromatic carbocycles. The Hall–Kier alpha value is -1.40. The highest BCUT2D eigenvalue weighted by molar-refractivity contribution is 5.95. The number of H-pyrrole nitrogens is 1. The Kier molecular flexibility index (Phi) is 3.44. The number of aryl methyl sites for hydroxylation is 1. The molecule has 2 N–H and O–H groups in total. The van der Waals surface area contributed by atoms with Crippen LogP contribution in [-0.4, -0.2) is 58.0 Å². The first-order valence-corrected chi connectivity index (χ1v) is 5.67. The number of aromatic amines is 1. The normalized spacial score (nSPS) is 25.0. The third-order valence-corrected chi connectivity index (χ3v) is 3.03. The van der Waals surface area contributed by atoms with Crippen molar-refractivity contribution in [3.63, 3.8) is 0 Å². The van der Waals surface area contributed by atoms with Crippen molar-refractivity contribution < 1.29 is 14.6 Å². The van der Waals surface area contributed by atoms with E-state index in [9.17, 15) is 4.79 Å². The fraction of sp³-hybridized carbons (Fsp3) is 0.636. The Labute approximate surface area is 99.6 Å². The van der Waals surface area contributed by atoms with Gasteiger partial charge in [-0.2, -0.15) is 5.10 Å². The molecular formula is C11H17N3O3. The van der Waals surface area contributed by atoms with Gasteiger partial charge in [-0.05, 0) is 13.8 Å². The van der Waals surface area contributed by atoms with Crippen LogP contribution in [0.4, 0.5) is 0 Å². The summed E-state index contributed by atoms with van der Waals surface area (Å²) in [7, 11) is 0. The molecule has 2 heterocycles. The number of aliphatic hydroxyl groups is 1. The first-order valence-electron chi connectivity index (χ1n) is 5.67. The molecule has 2 unspecified atom stereocenters. The van der Waals surface area contributed by atoms with Crippen molar-refractivity contribution in [3.05, 3.63) is 17.5 Å². The standard InChI is InChI=1S/C11H17N3O3/c1-7-6-17-9(5-15)4-14(7)11(16)10-3-12-13-8(10)2/h3,7,9,15H,4-6H2,1-2H3,(H,12,13). The summed E-state index contributed by atoms with van der Waals surface area (Å²) in [5, 5.41) is 15.7.